The lowest BCUT2D eigenvalue weighted by molar-refractivity contribution is 0.0789. The fourth-order valence-electron chi connectivity index (χ4n) is 4.82. The normalized spacial score (nSPS) is 21.7. The maximum atomic E-state index is 13.0. The molecule has 1 aliphatic carbocycles. The summed E-state index contributed by atoms with van der Waals surface area (Å²) in [6, 6.07) is 16.0. The number of benzene rings is 2. The Morgan fingerprint density at radius 2 is 1.97 bits per heavy atom. The summed E-state index contributed by atoms with van der Waals surface area (Å²) >= 11 is 0. The maximum absolute atomic E-state index is 13.0. The monoisotopic (exact) mass is 447 g/mol. The van der Waals surface area contributed by atoms with Gasteiger partial charge in [0.15, 0.2) is 0 Å². The highest BCUT2D eigenvalue weighted by Crippen LogP contribution is 2.46. The number of nitrogens with zero attached hydrogens (tertiary/aromatic N) is 1. The van der Waals surface area contributed by atoms with E-state index >= 15 is 0 Å². The summed E-state index contributed by atoms with van der Waals surface area (Å²) in [6.07, 6.45) is 4.43. The average molecular weight is 448 g/mol. The minimum Gasteiger partial charge on any atom is -0.445 e. The minimum atomic E-state index is -0.377. The molecule has 2 amide bonds. The van der Waals surface area contributed by atoms with E-state index in [1.807, 2.05) is 43.3 Å². The first-order chi connectivity index (χ1) is 16.0. The maximum Gasteiger partial charge on any atom is 0.410 e. The fraction of sp³-hybridized carbons (Fsp3) is 0.407. The van der Waals surface area contributed by atoms with Crippen LogP contribution in [0.3, 0.4) is 0 Å². The summed E-state index contributed by atoms with van der Waals surface area (Å²) in [5, 5.41) is 6.78. The standard InChI is InChI=1S/C27H33N3O3/c1-4-16-33-27(32)30(5-2)25-18(3)24(19-10-7-6-8-11-19)29-23-15-14-20(17-22(23)25)26(31)28-21-12-9-13-21/h4,6-8,10-11,14-15,17-18,21,24-25,29H,1,5,9,12-13,16H2,2-3H3,(H,28,31). The zero-order valence-electron chi connectivity index (χ0n) is 19.4. The molecule has 3 atom stereocenters. The summed E-state index contributed by atoms with van der Waals surface area (Å²) in [5.74, 6) is -0.0163. The molecule has 2 aliphatic rings. The number of amides is 2. The Bertz CT molecular complexity index is 1000. The van der Waals surface area contributed by atoms with Gasteiger partial charge in [0.05, 0.1) is 12.1 Å². The van der Waals surface area contributed by atoms with Gasteiger partial charge in [0.25, 0.3) is 5.91 Å². The van der Waals surface area contributed by atoms with Crippen LogP contribution in [0.2, 0.25) is 0 Å². The predicted octanol–water partition coefficient (Wildman–Crippen LogP) is 5.46. The largest absolute Gasteiger partial charge is 0.445 e. The lowest BCUT2D eigenvalue weighted by Crippen LogP contribution is -2.44. The van der Waals surface area contributed by atoms with E-state index in [9.17, 15) is 9.59 Å². The number of hydrogen-bond donors (Lipinski definition) is 2. The Kier molecular flexibility index (Phi) is 7.02. The van der Waals surface area contributed by atoms with Crippen LogP contribution in [0.25, 0.3) is 0 Å². The number of carbonyl (C=O) groups is 2. The number of fused-ring (bicyclic) bond motifs is 1. The third-order valence-corrected chi connectivity index (χ3v) is 6.80. The summed E-state index contributed by atoms with van der Waals surface area (Å²) in [7, 11) is 0. The van der Waals surface area contributed by atoms with Crippen molar-refractivity contribution in [3.05, 3.63) is 77.9 Å². The number of ether oxygens (including phenoxy) is 1. The third-order valence-electron chi connectivity index (χ3n) is 6.80. The molecule has 174 valence electrons. The van der Waals surface area contributed by atoms with E-state index in [1.54, 1.807) is 11.0 Å². The highest BCUT2D eigenvalue weighted by molar-refractivity contribution is 5.95. The molecule has 1 heterocycles. The van der Waals surface area contributed by atoms with Crippen LogP contribution < -0.4 is 10.6 Å². The zero-order chi connectivity index (χ0) is 23.4. The van der Waals surface area contributed by atoms with E-state index in [2.05, 4.69) is 36.3 Å². The van der Waals surface area contributed by atoms with Gasteiger partial charge in [-0.15, -0.1) is 0 Å². The molecule has 0 radical (unpaired) electrons. The second-order valence-electron chi connectivity index (χ2n) is 8.89. The van der Waals surface area contributed by atoms with Crippen molar-refractivity contribution in [2.75, 3.05) is 18.5 Å². The highest BCUT2D eigenvalue weighted by atomic mass is 16.6. The molecule has 2 aromatic rings. The van der Waals surface area contributed by atoms with Gasteiger partial charge >= 0.3 is 6.09 Å². The molecule has 6 heteroatoms. The zero-order valence-corrected chi connectivity index (χ0v) is 19.4. The summed E-state index contributed by atoms with van der Waals surface area (Å²) in [5.41, 5.74) is 3.65. The van der Waals surface area contributed by atoms with Crippen molar-refractivity contribution >= 4 is 17.7 Å². The topological polar surface area (TPSA) is 70.7 Å². The number of hydrogen-bond acceptors (Lipinski definition) is 4. The quantitative estimate of drug-likeness (QED) is 0.553. The van der Waals surface area contributed by atoms with E-state index in [0.29, 0.717) is 12.1 Å². The molecule has 3 unspecified atom stereocenters. The minimum absolute atomic E-state index is 0.0135. The van der Waals surface area contributed by atoms with Crippen molar-refractivity contribution in [3.8, 4) is 0 Å². The van der Waals surface area contributed by atoms with Crippen LogP contribution in [0.4, 0.5) is 10.5 Å². The molecule has 0 spiro atoms. The third kappa shape index (κ3) is 4.75. The van der Waals surface area contributed by atoms with Crippen molar-refractivity contribution < 1.29 is 14.3 Å². The van der Waals surface area contributed by atoms with Gasteiger partial charge < -0.3 is 20.3 Å². The Morgan fingerprint density at radius 3 is 2.61 bits per heavy atom. The van der Waals surface area contributed by atoms with E-state index < -0.39 is 0 Å². The molecule has 4 rings (SSSR count). The van der Waals surface area contributed by atoms with E-state index in [4.69, 9.17) is 4.74 Å². The Labute approximate surface area is 196 Å². The van der Waals surface area contributed by atoms with Gasteiger partial charge in [0.2, 0.25) is 0 Å². The Hall–Kier alpha value is -3.28. The van der Waals surface area contributed by atoms with Gasteiger partial charge in [-0.2, -0.15) is 0 Å². The molecular weight excluding hydrogens is 414 g/mol. The van der Waals surface area contributed by atoms with E-state index in [-0.39, 0.29) is 42.7 Å². The summed E-state index contributed by atoms with van der Waals surface area (Å²) in [4.78, 5) is 27.6. The van der Waals surface area contributed by atoms with Gasteiger partial charge in [-0.3, -0.25) is 4.79 Å². The Balaban J connectivity index is 1.72. The molecule has 0 bridgehead atoms. The van der Waals surface area contributed by atoms with Gasteiger partial charge in [-0.25, -0.2) is 4.79 Å². The molecular formula is C27H33N3O3. The number of nitrogens with one attached hydrogen (secondary N) is 2. The molecule has 33 heavy (non-hydrogen) atoms. The van der Waals surface area contributed by atoms with Gasteiger partial charge in [0, 0.05) is 29.8 Å². The lowest BCUT2D eigenvalue weighted by atomic mass is 9.79. The fourth-order valence-corrected chi connectivity index (χ4v) is 4.82. The Morgan fingerprint density at radius 1 is 1.21 bits per heavy atom. The highest BCUT2D eigenvalue weighted by Gasteiger charge is 2.40. The molecule has 0 aromatic heterocycles. The van der Waals surface area contributed by atoms with Gasteiger partial charge in [-0.05, 0) is 55.5 Å². The van der Waals surface area contributed by atoms with Crippen LogP contribution in [0.5, 0.6) is 0 Å². The van der Waals surface area contributed by atoms with Crippen molar-refractivity contribution in [1.29, 1.82) is 0 Å². The van der Waals surface area contributed by atoms with E-state index in [0.717, 1.165) is 36.1 Å². The van der Waals surface area contributed by atoms with Crippen LogP contribution in [0, 0.1) is 5.92 Å². The molecule has 1 fully saturated rings. The number of carbonyl (C=O) groups excluding carboxylic acids is 2. The molecule has 1 aliphatic heterocycles. The van der Waals surface area contributed by atoms with Gasteiger partial charge in [-0.1, -0.05) is 49.9 Å². The first-order valence-electron chi connectivity index (χ1n) is 11.8. The first-order valence-corrected chi connectivity index (χ1v) is 11.8. The van der Waals surface area contributed by atoms with Crippen molar-refractivity contribution in [3.63, 3.8) is 0 Å². The first kappa shape index (κ1) is 22.9. The second-order valence-corrected chi connectivity index (χ2v) is 8.89. The average Bonchev–Trinajstić information content (AvgIpc) is 2.81. The van der Waals surface area contributed by atoms with Crippen LogP contribution in [0.1, 0.15) is 66.7 Å². The SMILES string of the molecule is C=CCOC(=O)N(CC)C1c2cc(C(=O)NC3CCC3)ccc2NC(c2ccccc2)C1C. The predicted molar refractivity (Wildman–Crippen MR) is 130 cm³/mol. The second kappa shape index (κ2) is 10.1. The molecule has 2 aromatic carbocycles. The van der Waals surface area contributed by atoms with Crippen LogP contribution in [-0.2, 0) is 4.74 Å². The van der Waals surface area contributed by atoms with Gasteiger partial charge in [0.1, 0.15) is 6.61 Å². The molecule has 0 saturated heterocycles. The smallest absolute Gasteiger partial charge is 0.410 e. The van der Waals surface area contributed by atoms with E-state index in [1.165, 1.54) is 0 Å². The number of anilines is 1. The number of rotatable bonds is 7. The van der Waals surface area contributed by atoms with Crippen LogP contribution >= 0.6 is 0 Å². The van der Waals surface area contributed by atoms with Crippen molar-refractivity contribution in [2.45, 2.75) is 51.2 Å². The lowest BCUT2D eigenvalue weighted by Gasteiger charge is -2.44. The summed E-state index contributed by atoms with van der Waals surface area (Å²) in [6.45, 7) is 8.39. The van der Waals surface area contributed by atoms with Crippen LogP contribution in [-0.4, -0.2) is 36.1 Å². The van der Waals surface area contributed by atoms with Crippen LogP contribution in [0.15, 0.2) is 61.2 Å². The summed E-state index contributed by atoms with van der Waals surface area (Å²) < 4.78 is 5.42. The van der Waals surface area contributed by atoms with Crippen molar-refractivity contribution in [1.82, 2.24) is 10.2 Å². The molecule has 6 nitrogen and oxygen atoms in total. The van der Waals surface area contributed by atoms with Crippen molar-refractivity contribution in [2.24, 2.45) is 5.92 Å². The molecule has 2 N–H and O–H groups in total. The molecule has 1 saturated carbocycles.